The highest BCUT2D eigenvalue weighted by atomic mass is 32.2. The normalized spacial score (nSPS) is 15.7. The number of piperidine rings is 1. The highest BCUT2D eigenvalue weighted by Crippen LogP contribution is 2.22. The standard InChI is InChI=1S/C19H21N3O4S/c23-19(24)15-8-6-9-17(13-15)21-20-14-16-7-2-3-10-18(16)27(25,26)22-11-4-1-5-12-22/h2-3,6-10,13-14,21H,1,4-5,11-12H2,(H,23,24). The Morgan fingerprint density at radius 3 is 2.56 bits per heavy atom. The minimum Gasteiger partial charge on any atom is -0.478 e. The minimum absolute atomic E-state index is 0.142. The third-order valence-corrected chi connectivity index (χ3v) is 6.33. The molecule has 1 heterocycles. The van der Waals surface area contributed by atoms with Gasteiger partial charge in [-0.25, -0.2) is 13.2 Å². The monoisotopic (exact) mass is 387 g/mol. The van der Waals surface area contributed by atoms with Gasteiger partial charge in [0.15, 0.2) is 0 Å². The number of hydrogen-bond donors (Lipinski definition) is 2. The molecular weight excluding hydrogens is 366 g/mol. The highest BCUT2D eigenvalue weighted by molar-refractivity contribution is 7.89. The first-order chi connectivity index (χ1) is 13.0. The highest BCUT2D eigenvalue weighted by Gasteiger charge is 2.27. The fourth-order valence-electron chi connectivity index (χ4n) is 2.96. The number of carbonyl (C=O) groups is 1. The van der Waals surface area contributed by atoms with Crippen molar-refractivity contribution in [1.82, 2.24) is 4.31 Å². The molecule has 0 amide bonds. The van der Waals surface area contributed by atoms with Gasteiger partial charge in [0.2, 0.25) is 10.0 Å². The number of sulfonamides is 1. The van der Waals surface area contributed by atoms with Crippen molar-refractivity contribution in [3.8, 4) is 0 Å². The van der Waals surface area contributed by atoms with E-state index in [1.807, 2.05) is 0 Å². The van der Waals surface area contributed by atoms with Crippen molar-refractivity contribution in [2.24, 2.45) is 5.10 Å². The van der Waals surface area contributed by atoms with Gasteiger partial charge < -0.3 is 5.11 Å². The molecule has 3 rings (SSSR count). The van der Waals surface area contributed by atoms with E-state index in [0.29, 0.717) is 24.3 Å². The van der Waals surface area contributed by atoms with E-state index >= 15 is 0 Å². The Hall–Kier alpha value is -2.71. The number of benzene rings is 2. The molecule has 0 bridgehead atoms. The molecule has 27 heavy (non-hydrogen) atoms. The Kier molecular flexibility index (Phi) is 5.88. The lowest BCUT2D eigenvalue weighted by Crippen LogP contribution is -2.36. The zero-order valence-electron chi connectivity index (χ0n) is 14.7. The summed E-state index contributed by atoms with van der Waals surface area (Å²) in [6.45, 7) is 1.07. The van der Waals surface area contributed by atoms with Crippen LogP contribution in [-0.2, 0) is 10.0 Å². The third-order valence-electron chi connectivity index (χ3n) is 4.36. The zero-order valence-corrected chi connectivity index (χ0v) is 15.5. The quantitative estimate of drug-likeness (QED) is 0.586. The molecule has 142 valence electrons. The Labute approximate surface area is 158 Å². The summed E-state index contributed by atoms with van der Waals surface area (Å²) in [6, 6.07) is 12.9. The summed E-state index contributed by atoms with van der Waals surface area (Å²) >= 11 is 0. The van der Waals surface area contributed by atoms with E-state index in [9.17, 15) is 13.2 Å². The van der Waals surface area contributed by atoms with E-state index in [1.165, 1.54) is 22.7 Å². The maximum Gasteiger partial charge on any atom is 0.335 e. The number of carboxylic acids is 1. The van der Waals surface area contributed by atoms with E-state index in [4.69, 9.17) is 5.11 Å². The van der Waals surface area contributed by atoms with E-state index in [2.05, 4.69) is 10.5 Å². The predicted octanol–water partition coefficient (Wildman–Crippen LogP) is 3.01. The molecule has 0 atom stereocenters. The summed E-state index contributed by atoms with van der Waals surface area (Å²) in [5.41, 5.74) is 3.87. The van der Waals surface area contributed by atoms with Gasteiger partial charge in [0.05, 0.1) is 22.4 Å². The van der Waals surface area contributed by atoms with Crippen molar-refractivity contribution < 1.29 is 18.3 Å². The number of hydrogen-bond acceptors (Lipinski definition) is 5. The maximum atomic E-state index is 12.9. The summed E-state index contributed by atoms with van der Waals surface area (Å²) < 4.78 is 27.4. The van der Waals surface area contributed by atoms with Gasteiger partial charge in [0, 0.05) is 18.7 Å². The van der Waals surface area contributed by atoms with Gasteiger partial charge in [-0.05, 0) is 37.1 Å². The van der Waals surface area contributed by atoms with Crippen LogP contribution in [-0.4, -0.2) is 43.1 Å². The molecule has 2 N–H and O–H groups in total. The van der Waals surface area contributed by atoms with Crippen LogP contribution in [0.15, 0.2) is 58.5 Å². The van der Waals surface area contributed by atoms with Crippen molar-refractivity contribution in [3.63, 3.8) is 0 Å². The van der Waals surface area contributed by atoms with Crippen LogP contribution in [0.5, 0.6) is 0 Å². The van der Waals surface area contributed by atoms with E-state index in [0.717, 1.165) is 19.3 Å². The van der Waals surface area contributed by atoms with Crippen LogP contribution < -0.4 is 5.43 Å². The molecule has 7 nitrogen and oxygen atoms in total. The summed E-state index contributed by atoms with van der Waals surface area (Å²) in [5.74, 6) is -1.03. The third kappa shape index (κ3) is 4.53. The molecule has 2 aromatic carbocycles. The second-order valence-corrected chi connectivity index (χ2v) is 8.16. The summed E-state index contributed by atoms with van der Waals surface area (Å²) in [4.78, 5) is 11.2. The van der Waals surface area contributed by atoms with Gasteiger partial charge in [-0.1, -0.05) is 30.7 Å². The zero-order chi connectivity index (χ0) is 19.3. The van der Waals surface area contributed by atoms with Crippen LogP contribution in [0.4, 0.5) is 5.69 Å². The summed E-state index contributed by atoms with van der Waals surface area (Å²) in [5, 5.41) is 13.1. The van der Waals surface area contributed by atoms with Crippen molar-refractivity contribution in [1.29, 1.82) is 0 Å². The second kappa shape index (κ2) is 8.32. The number of aromatic carboxylic acids is 1. The first kappa shape index (κ1) is 19.1. The maximum absolute atomic E-state index is 12.9. The van der Waals surface area contributed by atoms with Crippen LogP contribution >= 0.6 is 0 Å². The van der Waals surface area contributed by atoms with Crippen molar-refractivity contribution in [2.45, 2.75) is 24.2 Å². The Morgan fingerprint density at radius 2 is 1.81 bits per heavy atom. The fourth-order valence-corrected chi connectivity index (χ4v) is 4.65. The van der Waals surface area contributed by atoms with Crippen molar-refractivity contribution >= 4 is 27.9 Å². The molecule has 2 aromatic rings. The van der Waals surface area contributed by atoms with Crippen molar-refractivity contribution in [2.75, 3.05) is 18.5 Å². The van der Waals surface area contributed by atoms with Crippen LogP contribution in [0.2, 0.25) is 0 Å². The summed E-state index contributed by atoms with van der Waals surface area (Å²) in [6.07, 6.45) is 4.23. The van der Waals surface area contributed by atoms with Crippen LogP contribution in [0.25, 0.3) is 0 Å². The minimum atomic E-state index is -3.57. The molecule has 0 saturated carbocycles. The predicted molar refractivity (Wildman–Crippen MR) is 104 cm³/mol. The van der Waals surface area contributed by atoms with Gasteiger partial charge in [0.1, 0.15) is 0 Å². The number of nitrogens with one attached hydrogen (secondary N) is 1. The topological polar surface area (TPSA) is 99.1 Å². The molecule has 1 aliphatic heterocycles. The molecule has 0 spiro atoms. The molecule has 1 fully saturated rings. The van der Waals surface area contributed by atoms with E-state index in [1.54, 1.807) is 36.4 Å². The molecule has 0 unspecified atom stereocenters. The fraction of sp³-hybridized carbons (Fsp3) is 0.263. The van der Waals surface area contributed by atoms with E-state index in [-0.39, 0.29) is 10.5 Å². The number of carboxylic acid groups (broad SMARTS) is 1. The Morgan fingerprint density at radius 1 is 1.07 bits per heavy atom. The largest absolute Gasteiger partial charge is 0.478 e. The first-order valence-corrected chi connectivity index (χ1v) is 10.1. The molecule has 1 aliphatic rings. The Bertz CT molecular complexity index is 951. The lowest BCUT2D eigenvalue weighted by molar-refractivity contribution is 0.0697. The summed E-state index contributed by atoms with van der Waals surface area (Å²) in [7, 11) is -3.57. The molecular formula is C19H21N3O4S. The van der Waals surface area contributed by atoms with Crippen LogP contribution in [0, 0.1) is 0 Å². The second-order valence-electron chi connectivity index (χ2n) is 6.26. The molecule has 1 saturated heterocycles. The number of rotatable bonds is 6. The van der Waals surface area contributed by atoms with Gasteiger partial charge in [-0.2, -0.15) is 9.41 Å². The number of nitrogens with zero attached hydrogens (tertiary/aromatic N) is 2. The van der Waals surface area contributed by atoms with Crippen LogP contribution in [0.3, 0.4) is 0 Å². The van der Waals surface area contributed by atoms with Crippen LogP contribution in [0.1, 0.15) is 35.2 Å². The average Bonchev–Trinajstić information content (AvgIpc) is 2.69. The van der Waals surface area contributed by atoms with Gasteiger partial charge in [-0.15, -0.1) is 0 Å². The first-order valence-electron chi connectivity index (χ1n) is 8.70. The molecule has 0 radical (unpaired) electrons. The number of hydrazone groups is 1. The SMILES string of the molecule is O=C(O)c1cccc(NN=Cc2ccccc2S(=O)(=O)N2CCCCC2)c1. The number of anilines is 1. The van der Waals surface area contributed by atoms with Crippen molar-refractivity contribution in [3.05, 3.63) is 59.7 Å². The lowest BCUT2D eigenvalue weighted by Gasteiger charge is -2.26. The van der Waals surface area contributed by atoms with E-state index < -0.39 is 16.0 Å². The van der Waals surface area contributed by atoms with Gasteiger partial charge in [-0.3, -0.25) is 5.43 Å². The van der Waals surface area contributed by atoms with Gasteiger partial charge >= 0.3 is 5.97 Å². The lowest BCUT2D eigenvalue weighted by atomic mass is 10.2. The average molecular weight is 387 g/mol. The van der Waals surface area contributed by atoms with Gasteiger partial charge in [0.25, 0.3) is 0 Å². The Balaban J connectivity index is 1.81. The molecule has 0 aromatic heterocycles. The molecule has 8 heteroatoms. The molecule has 0 aliphatic carbocycles. The smallest absolute Gasteiger partial charge is 0.335 e.